The zero-order valence-electron chi connectivity index (χ0n) is 11.0. The molecule has 0 amide bonds. The molecule has 1 aromatic heterocycles. The molecule has 0 radical (unpaired) electrons. The lowest BCUT2D eigenvalue weighted by molar-refractivity contribution is 0.475. The first kappa shape index (κ1) is 12.5. The molecular weight excluding hydrogens is 257 g/mol. The van der Waals surface area contributed by atoms with Crippen LogP contribution in [-0.2, 0) is 13.6 Å². The van der Waals surface area contributed by atoms with Crippen LogP contribution in [0.4, 0.5) is 10.1 Å². The minimum absolute atomic E-state index is 0.230. The number of nitrogens with one attached hydrogen (secondary N) is 1. The average Bonchev–Trinajstić information content (AvgIpc) is 2.75. The van der Waals surface area contributed by atoms with E-state index in [9.17, 15) is 9.50 Å². The largest absolute Gasteiger partial charge is 0.508 e. The fourth-order valence-electron chi connectivity index (χ4n) is 2.13. The van der Waals surface area contributed by atoms with Crippen molar-refractivity contribution in [2.45, 2.75) is 6.54 Å². The maximum absolute atomic E-state index is 13.2. The lowest BCUT2D eigenvalue weighted by Crippen LogP contribution is -2.05. The topological polar surface area (TPSA) is 50.1 Å². The summed E-state index contributed by atoms with van der Waals surface area (Å²) in [6.07, 6.45) is 0. The van der Waals surface area contributed by atoms with Gasteiger partial charge in [0.15, 0.2) is 0 Å². The van der Waals surface area contributed by atoms with E-state index >= 15 is 0 Å². The van der Waals surface area contributed by atoms with E-state index in [1.54, 1.807) is 30.3 Å². The second kappa shape index (κ2) is 4.85. The van der Waals surface area contributed by atoms with Crippen LogP contribution in [0.3, 0.4) is 0 Å². The number of imidazole rings is 1. The molecule has 0 aliphatic heterocycles. The molecule has 0 saturated carbocycles. The number of rotatable bonds is 3. The Bertz CT molecular complexity index is 750. The number of aryl methyl sites for hydroxylation is 1. The van der Waals surface area contributed by atoms with Crippen LogP contribution in [-0.4, -0.2) is 14.7 Å². The molecule has 0 bridgehead atoms. The van der Waals surface area contributed by atoms with Gasteiger partial charge < -0.3 is 15.0 Å². The van der Waals surface area contributed by atoms with E-state index in [0.29, 0.717) is 6.54 Å². The van der Waals surface area contributed by atoms with Crippen LogP contribution in [0.2, 0.25) is 0 Å². The van der Waals surface area contributed by atoms with E-state index in [0.717, 1.165) is 22.5 Å². The Hall–Kier alpha value is -2.56. The number of phenols is 1. The fourth-order valence-corrected chi connectivity index (χ4v) is 2.13. The standard InChI is InChI=1S/C15H14FN3O/c1-19-14-8-10(16)2-7-13(14)18-15(19)9-17-11-3-5-12(20)6-4-11/h2-8,17,20H,9H2,1H3. The van der Waals surface area contributed by atoms with Gasteiger partial charge in [0.1, 0.15) is 17.4 Å². The average molecular weight is 271 g/mol. The molecule has 0 unspecified atom stereocenters. The number of aromatic hydroxyl groups is 1. The van der Waals surface area contributed by atoms with Crippen molar-refractivity contribution in [2.24, 2.45) is 7.05 Å². The third kappa shape index (κ3) is 2.30. The summed E-state index contributed by atoms with van der Waals surface area (Å²) in [7, 11) is 1.86. The maximum Gasteiger partial charge on any atom is 0.128 e. The Morgan fingerprint density at radius 3 is 2.70 bits per heavy atom. The molecule has 0 aliphatic carbocycles. The van der Waals surface area contributed by atoms with Crippen molar-refractivity contribution in [2.75, 3.05) is 5.32 Å². The number of anilines is 1. The molecule has 20 heavy (non-hydrogen) atoms. The summed E-state index contributed by atoms with van der Waals surface area (Å²) in [5.41, 5.74) is 2.44. The molecule has 4 nitrogen and oxygen atoms in total. The summed E-state index contributed by atoms with van der Waals surface area (Å²) in [4.78, 5) is 4.47. The molecule has 3 rings (SSSR count). The van der Waals surface area contributed by atoms with Crippen LogP contribution in [0.25, 0.3) is 11.0 Å². The van der Waals surface area contributed by atoms with Crippen LogP contribution < -0.4 is 5.32 Å². The predicted octanol–water partition coefficient (Wildman–Crippen LogP) is 3.03. The van der Waals surface area contributed by atoms with Gasteiger partial charge >= 0.3 is 0 Å². The summed E-state index contributed by atoms with van der Waals surface area (Å²) >= 11 is 0. The molecule has 0 fully saturated rings. The van der Waals surface area contributed by atoms with Crippen molar-refractivity contribution in [3.8, 4) is 5.75 Å². The van der Waals surface area contributed by atoms with Crippen LogP contribution in [0.5, 0.6) is 5.75 Å². The number of phenolic OH excluding ortho intramolecular Hbond substituents is 1. The first-order valence-corrected chi connectivity index (χ1v) is 6.27. The van der Waals surface area contributed by atoms with E-state index in [-0.39, 0.29) is 11.6 Å². The van der Waals surface area contributed by atoms with Crippen LogP contribution >= 0.6 is 0 Å². The number of halogens is 1. The van der Waals surface area contributed by atoms with Gasteiger partial charge in [-0.3, -0.25) is 0 Å². The van der Waals surface area contributed by atoms with Crippen molar-refractivity contribution in [1.29, 1.82) is 0 Å². The first-order valence-electron chi connectivity index (χ1n) is 6.27. The molecule has 3 aromatic rings. The zero-order valence-corrected chi connectivity index (χ0v) is 11.0. The number of fused-ring (bicyclic) bond motifs is 1. The molecule has 0 spiro atoms. The molecule has 0 atom stereocenters. The first-order chi connectivity index (χ1) is 9.63. The van der Waals surface area contributed by atoms with Gasteiger partial charge in [-0.2, -0.15) is 0 Å². The van der Waals surface area contributed by atoms with Gasteiger partial charge in [0.2, 0.25) is 0 Å². The minimum atomic E-state index is -0.265. The molecule has 0 saturated heterocycles. The minimum Gasteiger partial charge on any atom is -0.508 e. The van der Waals surface area contributed by atoms with E-state index in [1.807, 2.05) is 11.6 Å². The Kier molecular flexibility index (Phi) is 3.02. The van der Waals surface area contributed by atoms with Gasteiger partial charge in [-0.05, 0) is 42.5 Å². The number of hydrogen-bond acceptors (Lipinski definition) is 3. The Morgan fingerprint density at radius 1 is 1.20 bits per heavy atom. The lowest BCUT2D eigenvalue weighted by Gasteiger charge is -2.06. The normalized spacial score (nSPS) is 10.9. The Morgan fingerprint density at radius 2 is 1.95 bits per heavy atom. The highest BCUT2D eigenvalue weighted by atomic mass is 19.1. The molecule has 1 heterocycles. The summed E-state index contributed by atoms with van der Waals surface area (Å²) in [6.45, 7) is 0.525. The maximum atomic E-state index is 13.2. The predicted molar refractivity (Wildman–Crippen MR) is 76.1 cm³/mol. The summed E-state index contributed by atoms with van der Waals surface area (Å²) < 4.78 is 15.1. The zero-order chi connectivity index (χ0) is 14.1. The van der Waals surface area contributed by atoms with E-state index in [1.165, 1.54) is 12.1 Å². The van der Waals surface area contributed by atoms with Crippen molar-refractivity contribution >= 4 is 16.7 Å². The third-order valence-electron chi connectivity index (χ3n) is 3.25. The fraction of sp³-hybridized carbons (Fsp3) is 0.133. The summed E-state index contributed by atoms with van der Waals surface area (Å²) in [5.74, 6) is 0.783. The van der Waals surface area contributed by atoms with Crippen LogP contribution in [0.1, 0.15) is 5.82 Å². The highest BCUT2D eigenvalue weighted by Crippen LogP contribution is 2.18. The lowest BCUT2D eigenvalue weighted by atomic mass is 10.3. The quantitative estimate of drug-likeness (QED) is 0.720. The molecule has 2 N–H and O–H groups in total. The van der Waals surface area contributed by atoms with Crippen molar-refractivity contribution in [3.05, 3.63) is 54.1 Å². The number of benzene rings is 2. The van der Waals surface area contributed by atoms with Gasteiger partial charge in [0.05, 0.1) is 17.6 Å². The molecule has 2 aromatic carbocycles. The molecular formula is C15H14FN3O. The van der Waals surface area contributed by atoms with Crippen LogP contribution in [0.15, 0.2) is 42.5 Å². The third-order valence-corrected chi connectivity index (χ3v) is 3.25. The summed E-state index contributed by atoms with van der Waals surface area (Å²) in [5, 5.41) is 12.4. The smallest absolute Gasteiger partial charge is 0.128 e. The van der Waals surface area contributed by atoms with Crippen molar-refractivity contribution < 1.29 is 9.50 Å². The summed E-state index contributed by atoms with van der Waals surface area (Å²) in [6, 6.07) is 11.4. The molecule has 102 valence electrons. The van der Waals surface area contributed by atoms with Gasteiger partial charge in [-0.25, -0.2) is 9.37 Å². The van der Waals surface area contributed by atoms with E-state index < -0.39 is 0 Å². The van der Waals surface area contributed by atoms with Gasteiger partial charge in [0, 0.05) is 12.7 Å². The highest BCUT2D eigenvalue weighted by Gasteiger charge is 2.08. The van der Waals surface area contributed by atoms with Gasteiger partial charge in [-0.15, -0.1) is 0 Å². The Labute approximate surface area is 115 Å². The number of hydrogen-bond donors (Lipinski definition) is 2. The highest BCUT2D eigenvalue weighted by molar-refractivity contribution is 5.76. The van der Waals surface area contributed by atoms with Gasteiger partial charge in [0.25, 0.3) is 0 Å². The molecule has 0 aliphatic rings. The molecule has 5 heteroatoms. The monoisotopic (exact) mass is 271 g/mol. The van der Waals surface area contributed by atoms with Crippen LogP contribution in [0, 0.1) is 5.82 Å². The number of aromatic nitrogens is 2. The second-order valence-electron chi connectivity index (χ2n) is 4.62. The van der Waals surface area contributed by atoms with Gasteiger partial charge in [-0.1, -0.05) is 0 Å². The van der Waals surface area contributed by atoms with E-state index in [2.05, 4.69) is 10.3 Å². The van der Waals surface area contributed by atoms with Crippen molar-refractivity contribution in [3.63, 3.8) is 0 Å². The van der Waals surface area contributed by atoms with Crippen molar-refractivity contribution in [1.82, 2.24) is 9.55 Å². The SMILES string of the molecule is Cn1c(CNc2ccc(O)cc2)nc2ccc(F)cc21. The number of nitrogens with zero attached hydrogens (tertiary/aromatic N) is 2. The Balaban J connectivity index is 1.84. The second-order valence-corrected chi connectivity index (χ2v) is 4.62. The van der Waals surface area contributed by atoms with E-state index in [4.69, 9.17) is 0 Å².